The van der Waals surface area contributed by atoms with Crippen molar-refractivity contribution in [3.05, 3.63) is 65.8 Å². The van der Waals surface area contributed by atoms with Crippen molar-refractivity contribution in [3.8, 4) is 0 Å². The van der Waals surface area contributed by atoms with Crippen LogP contribution in [0.25, 0.3) is 5.57 Å². The van der Waals surface area contributed by atoms with Gasteiger partial charge in [0.25, 0.3) is 0 Å². The zero-order valence-corrected chi connectivity index (χ0v) is 16.4. The number of unbranched alkanes of at least 4 members (excludes halogenated alkanes) is 4. The van der Waals surface area contributed by atoms with Gasteiger partial charge < -0.3 is 5.11 Å². The zero-order valence-electron chi connectivity index (χ0n) is 16.4. The van der Waals surface area contributed by atoms with Crippen molar-refractivity contribution >= 4 is 11.5 Å². The standard InChI is InChI=1S/C23H30N2O2/c1-3-5-6-7-9-12-18-16-24-22(25-17-18)21(23(26)27)15-19(4-2)20-13-10-8-11-14-20/h8,10-11,13-17,19H,3-7,9,12H2,1-2H3,(H,26,27)/b21-15+. The number of aryl methyl sites for hydroxylation is 1. The molecule has 1 unspecified atom stereocenters. The monoisotopic (exact) mass is 366 g/mol. The molecular formula is C23H30N2O2. The van der Waals surface area contributed by atoms with E-state index in [0.29, 0.717) is 0 Å². The fourth-order valence-corrected chi connectivity index (χ4v) is 3.15. The molecule has 4 nitrogen and oxygen atoms in total. The summed E-state index contributed by atoms with van der Waals surface area (Å²) >= 11 is 0. The summed E-state index contributed by atoms with van der Waals surface area (Å²) in [6.45, 7) is 4.26. The topological polar surface area (TPSA) is 63.1 Å². The van der Waals surface area contributed by atoms with E-state index in [9.17, 15) is 9.90 Å². The summed E-state index contributed by atoms with van der Waals surface area (Å²) in [5.41, 5.74) is 2.33. The van der Waals surface area contributed by atoms with E-state index in [-0.39, 0.29) is 17.3 Å². The van der Waals surface area contributed by atoms with Gasteiger partial charge in [0.05, 0.1) is 0 Å². The van der Waals surface area contributed by atoms with Crippen LogP contribution in [-0.2, 0) is 11.2 Å². The average Bonchev–Trinajstić information content (AvgIpc) is 2.70. The largest absolute Gasteiger partial charge is 0.478 e. The number of aliphatic carboxylic acids is 1. The number of carboxylic acid groups (broad SMARTS) is 1. The molecule has 0 aliphatic carbocycles. The fraction of sp³-hybridized carbons (Fsp3) is 0.435. The Labute approximate surface area is 162 Å². The van der Waals surface area contributed by atoms with Gasteiger partial charge in [-0.1, -0.05) is 75.9 Å². The van der Waals surface area contributed by atoms with Crippen molar-refractivity contribution in [2.45, 2.75) is 64.7 Å². The molecule has 4 heteroatoms. The number of allylic oxidation sites excluding steroid dienone is 1. The second-order valence-electron chi connectivity index (χ2n) is 6.89. The molecule has 1 N–H and O–H groups in total. The average molecular weight is 367 g/mol. The molecule has 0 amide bonds. The van der Waals surface area contributed by atoms with Gasteiger partial charge in [-0.3, -0.25) is 0 Å². The summed E-state index contributed by atoms with van der Waals surface area (Å²) in [6.07, 6.45) is 13.2. The number of aromatic nitrogens is 2. The molecule has 0 aliphatic rings. The van der Waals surface area contributed by atoms with Crippen molar-refractivity contribution in [3.63, 3.8) is 0 Å². The maximum atomic E-state index is 11.8. The molecule has 0 saturated heterocycles. The van der Waals surface area contributed by atoms with Crippen molar-refractivity contribution in [1.29, 1.82) is 0 Å². The minimum absolute atomic E-state index is 0.0270. The maximum absolute atomic E-state index is 11.8. The molecule has 1 atom stereocenters. The van der Waals surface area contributed by atoms with Crippen LogP contribution in [0.1, 0.15) is 75.2 Å². The van der Waals surface area contributed by atoms with Crippen LogP contribution in [0.3, 0.4) is 0 Å². The summed E-state index contributed by atoms with van der Waals surface area (Å²) in [5, 5.41) is 9.66. The first kappa shape index (κ1) is 20.8. The van der Waals surface area contributed by atoms with E-state index in [1.54, 1.807) is 18.5 Å². The van der Waals surface area contributed by atoms with Crippen LogP contribution in [0, 0.1) is 0 Å². The highest BCUT2D eigenvalue weighted by Gasteiger charge is 2.17. The summed E-state index contributed by atoms with van der Waals surface area (Å²) in [4.78, 5) is 20.5. The molecule has 0 aliphatic heterocycles. The molecule has 0 bridgehead atoms. The normalized spacial score (nSPS) is 12.7. The SMILES string of the molecule is CCCCCCCc1cnc(/C(=C\C(CC)c2ccccc2)C(=O)O)nc1. The highest BCUT2D eigenvalue weighted by atomic mass is 16.4. The number of benzene rings is 1. The lowest BCUT2D eigenvalue weighted by Crippen LogP contribution is -2.07. The van der Waals surface area contributed by atoms with Gasteiger partial charge in [0, 0.05) is 18.3 Å². The Kier molecular flexibility index (Phi) is 8.69. The minimum Gasteiger partial charge on any atom is -0.478 e. The second kappa shape index (κ2) is 11.3. The molecule has 0 saturated carbocycles. The van der Waals surface area contributed by atoms with Gasteiger partial charge in [0.2, 0.25) is 0 Å². The third kappa shape index (κ3) is 6.63. The number of carbonyl (C=O) groups is 1. The molecule has 1 aromatic carbocycles. The first-order chi connectivity index (χ1) is 13.2. The molecule has 0 fully saturated rings. The highest BCUT2D eigenvalue weighted by Crippen LogP contribution is 2.25. The molecule has 2 aromatic rings. The third-order valence-electron chi connectivity index (χ3n) is 4.78. The van der Waals surface area contributed by atoms with Crippen molar-refractivity contribution in [2.24, 2.45) is 0 Å². The lowest BCUT2D eigenvalue weighted by atomic mass is 9.94. The van der Waals surface area contributed by atoms with Crippen molar-refractivity contribution in [2.75, 3.05) is 0 Å². The highest BCUT2D eigenvalue weighted by molar-refractivity contribution is 6.14. The summed E-state index contributed by atoms with van der Waals surface area (Å²) in [5.74, 6) is -0.678. The number of nitrogens with zero attached hydrogens (tertiary/aromatic N) is 2. The predicted molar refractivity (Wildman–Crippen MR) is 110 cm³/mol. The van der Waals surface area contributed by atoms with E-state index in [4.69, 9.17) is 0 Å². The minimum atomic E-state index is -0.989. The van der Waals surface area contributed by atoms with E-state index in [0.717, 1.165) is 30.4 Å². The fourth-order valence-electron chi connectivity index (χ4n) is 3.15. The molecule has 27 heavy (non-hydrogen) atoms. The Morgan fingerprint density at radius 2 is 1.70 bits per heavy atom. The van der Waals surface area contributed by atoms with Crippen LogP contribution in [-0.4, -0.2) is 21.0 Å². The van der Waals surface area contributed by atoms with Crippen LogP contribution in [0.5, 0.6) is 0 Å². The van der Waals surface area contributed by atoms with Gasteiger partial charge in [-0.15, -0.1) is 0 Å². The molecule has 1 aromatic heterocycles. The third-order valence-corrected chi connectivity index (χ3v) is 4.78. The maximum Gasteiger partial charge on any atom is 0.339 e. The van der Waals surface area contributed by atoms with E-state index < -0.39 is 5.97 Å². The van der Waals surface area contributed by atoms with Gasteiger partial charge >= 0.3 is 5.97 Å². The summed E-state index contributed by atoms with van der Waals surface area (Å²) in [7, 11) is 0. The molecular weight excluding hydrogens is 336 g/mol. The molecule has 0 radical (unpaired) electrons. The molecule has 2 rings (SSSR count). The predicted octanol–water partition coefficient (Wildman–Crippen LogP) is 5.65. The van der Waals surface area contributed by atoms with E-state index in [1.807, 2.05) is 30.3 Å². The zero-order chi connectivity index (χ0) is 19.5. The van der Waals surface area contributed by atoms with Gasteiger partial charge in [-0.25, -0.2) is 14.8 Å². The lowest BCUT2D eigenvalue weighted by molar-refractivity contribution is -0.130. The van der Waals surface area contributed by atoms with Gasteiger partial charge in [-0.2, -0.15) is 0 Å². The van der Waals surface area contributed by atoms with Crippen molar-refractivity contribution < 1.29 is 9.90 Å². The smallest absolute Gasteiger partial charge is 0.339 e. The van der Waals surface area contributed by atoms with Gasteiger partial charge in [-0.05, 0) is 30.4 Å². The van der Waals surface area contributed by atoms with Crippen molar-refractivity contribution in [1.82, 2.24) is 9.97 Å². The lowest BCUT2D eigenvalue weighted by Gasteiger charge is -2.12. The Balaban J connectivity index is 2.10. The molecule has 1 heterocycles. The Bertz CT molecular complexity index is 724. The first-order valence-electron chi connectivity index (χ1n) is 9.97. The Hall–Kier alpha value is -2.49. The van der Waals surface area contributed by atoms with Crippen LogP contribution in [0.2, 0.25) is 0 Å². The molecule has 0 spiro atoms. The summed E-state index contributed by atoms with van der Waals surface area (Å²) in [6, 6.07) is 9.94. The summed E-state index contributed by atoms with van der Waals surface area (Å²) < 4.78 is 0. The Morgan fingerprint density at radius 1 is 1.04 bits per heavy atom. The number of carboxylic acids is 1. The first-order valence-corrected chi connectivity index (χ1v) is 9.97. The quantitative estimate of drug-likeness (QED) is 0.412. The van der Waals surface area contributed by atoms with Crippen LogP contribution >= 0.6 is 0 Å². The van der Waals surface area contributed by atoms with E-state index >= 15 is 0 Å². The molecule has 144 valence electrons. The second-order valence-corrected chi connectivity index (χ2v) is 6.89. The Morgan fingerprint density at radius 3 is 2.30 bits per heavy atom. The van der Waals surface area contributed by atoms with Crippen LogP contribution < -0.4 is 0 Å². The van der Waals surface area contributed by atoms with Gasteiger partial charge in [0.15, 0.2) is 5.82 Å². The van der Waals surface area contributed by atoms with Crippen LogP contribution in [0.15, 0.2) is 48.8 Å². The number of hydrogen-bond donors (Lipinski definition) is 1. The van der Waals surface area contributed by atoms with E-state index in [2.05, 4.69) is 23.8 Å². The van der Waals surface area contributed by atoms with E-state index in [1.165, 1.54) is 25.7 Å². The van der Waals surface area contributed by atoms with Crippen LogP contribution in [0.4, 0.5) is 0 Å². The number of hydrogen-bond acceptors (Lipinski definition) is 3. The van der Waals surface area contributed by atoms with Gasteiger partial charge in [0.1, 0.15) is 5.57 Å². The number of rotatable bonds is 11.